The Balaban J connectivity index is 1.51. The summed E-state index contributed by atoms with van der Waals surface area (Å²) in [6.07, 6.45) is 1.21. The molecule has 1 aromatic heterocycles. The first-order chi connectivity index (χ1) is 13.3. The molecule has 2 heterocycles. The van der Waals surface area contributed by atoms with E-state index >= 15 is 0 Å². The lowest BCUT2D eigenvalue weighted by molar-refractivity contribution is -0.147. The summed E-state index contributed by atoms with van der Waals surface area (Å²) in [7, 11) is 0. The van der Waals surface area contributed by atoms with Gasteiger partial charge in [0.25, 0.3) is 5.91 Å². The molecule has 28 heavy (non-hydrogen) atoms. The summed E-state index contributed by atoms with van der Waals surface area (Å²) in [5.41, 5.74) is 1.29. The molecule has 1 atom stereocenters. The van der Waals surface area contributed by atoms with Gasteiger partial charge in [-0.1, -0.05) is 35.3 Å². The number of ether oxygens (including phenoxy) is 1. The van der Waals surface area contributed by atoms with Crippen LogP contribution in [0, 0.1) is 6.92 Å². The van der Waals surface area contributed by atoms with Gasteiger partial charge in [-0.15, -0.1) is 11.8 Å². The second-order valence-corrected chi connectivity index (χ2v) is 7.93. The lowest BCUT2D eigenvalue weighted by Crippen LogP contribution is -2.32. The van der Waals surface area contributed by atoms with Crippen LogP contribution in [0.4, 0.5) is 11.5 Å². The molecule has 0 bridgehead atoms. The molecule has 0 fully saturated rings. The number of nitrogens with one attached hydrogen (secondary N) is 2. The van der Waals surface area contributed by atoms with Crippen molar-refractivity contribution in [2.75, 3.05) is 17.2 Å². The quantitative estimate of drug-likeness (QED) is 0.689. The SMILES string of the molecule is Cc1c(Cl)cnc(NC(=O)COC(=O)CC2Sc3ccccc3NC2=O)c1Cl. The molecule has 1 aliphatic rings. The first-order valence-corrected chi connectivity index (χ1v) is 9.81. The van der Waals surface area contributed by atoms with Crippen LogP contribution < -0.4 is 10.6 Å². The summed E-state index contributed by atoms with van der Waals surface area (Å²) < 4.78 is 4.97. The summed E-state index contributed by atoms with van der Waals surface area (Å²) in [4.78, 5) is 40.9. The van der Waals surface area contributed by atoms with Crippen LogP contribution >= 0.6 is 35.0 Å². The Bertz CT molecular complexity index is 954. The monoisotopic (exact) mass is 439 g/mol. The van der Waals surface area contributed by atoms with Crippen LogP contribution in [-0.4, -0.2) is 34.6 Å². The number of nitrogens with zero attached hydrogens (tertiary/aromatic N) is 1. The first kappa shape index (κ1) is 20.4. The van der Waals surface area contributed by atoms with Crippen molar-refractivity contribution < 1.29 is 19.1 Å². The Hall–Kier alpha value is -2.29. The number of hydrogen-bond acceptors (Lipinski definition) is 6. The number of pyridine rings is 1. The molecule has 0 saturated carbocycles. The van der Waals surface area contributed by atoms with Crippen molar-refractivity contribution in [2.45, 2.75) is 23.5 Å². The lowest BCUT2D eigenvalue weighted by atomic mass is 10.2. The molecule has 7 nitrogen and oxygen atoms in total. The number of carbonyl (C=O) groups is 3. The van der Waals surface area contributed by atoms with E-state index in [0.717, 1.165) is 4.90 Å². The molecular weight excluding hydrogens is 425 g/mol. The highest BCUT2D eigenvalue weighted by Gasteiger charge is 2.29. The molecule has 1 aliphatic heterocycles. The van der Waals surface area contributed by atoms with Crippen LogP contribution in [0.5, 0.6) is 0 Å². The van der Waals surface area contributed by atoms with Crippen LogP contribution in [0.3, 0.4) is 0 Å². The van der Waals surface area contributed by atoms with Gasteiger partial charge in [0.1, 0.15) is 0 Å². The topological polar surface area (TPSA) is 97.4 Å². The van der Waals surface area contributed by atoms with Gasteiger partial charge in [0, 0.05) is 11.1 Å². The third kappa shape index (κ3) is 4.76. The molecule has 2 amide bonds. The number of hydrogen-bond donors (Lipinski definition) is 2. The van der Waals surface area contributed by atoms with Crippen LogP contribution in [0.1, 0.15) is 12.0 Å². The van der Waals surface area contributed by atoms with E-state index in [1.165, 1.54) is 18.0 Å². The minimum absolute atomic E-state index is 0.128. The molecule has 0 saturated heterocycles. The fourth-order valence-corrected chi connectivity index (χ4v) is 3.88. The largest absolute Gasteiger partial charge is 0.456 e. The van der Waals surface area contributed by atoms with E-state index < -0.39 is 23.7 Å². The Morgan fingerprint density at radius 1 is 1.32 bits per heavy atom. The fraction of sp³-hybridized carbons (Fsp3) is 0.222. The van der Waals surface area contributed by atoms with E-state index in [4.69, 9.17) is 27.9 Å². The number of amides is 2. The van der Waals surface area contributed by atoms with Crippen molar-refractivity contribution in [2.24, 2.45) is 0 Å². The summed E-state index contributed by atoms with van der Waals surface area (Å²) in [5, 5.41) is 5.16. The Morgan fingerprint density at radius 2 is 2.07 bits per heavy atom. The maximum Gasteiger partial charge on any atom is 0.307 e. The number of rotatable bonds is 5. The highest BCUT2D eigenvalue weighted by molar-refractivity contribution is 8.01. The van der Waals surface area contributed by atoms with Crippen molar-refractivity contribution in [3.63, 3.8) is 0 Å². The predicted molar refractivity (Wildman–Crippen MR) is 108 cm³/mol. The van der Waals surface area contributed by atoms with Gasteiger partial charge in [-0.3, -0.25) is 14.4 Å². The maximum atomic E-state index is 12.1. The van der Waals surface area contributed by atoms with Gasteiger partial charge < -0.3 is 15.4 Å². The third-order valence-electron chi connectivity index (χ3n) is 3.88. The average Bonchev–Trinajstić information content (AvgIpc) is 2.67. The number of esters is 1. The van der Waals surface area contributed by atoms with E-state index in [0.29, 0.717) is 16.3 Å². The zero-order valence-corrected chi connectivity index (χ0v) is 17.0. The summed E-state index contributed by atoms with van der Waals surface area (Å²) in [6, 6.07) is 7.31. The predicted octanol–water partition coefficient (Wildman–Crippen LogP) is 3.68. The molecule has 2 aromatic rings. The second-order valence-electron chi connectivity index (χ2n) is 5.90. The smallest absolute Gasteiger partial charge is 0.307 e. The van der Waals surface area contributed by atoms with Gasteiger partial charge in [0.2, 0.25) is 5.91 Å². The van der Waals surface area contributed by atoms with Crippen molar-refractivity contribution in [1.82, 2.24) is 4.98 Å². The molecule has 0 aliphatic carbocycles. The van der Waals surface area contributed by atoms with Gasteiger partial charge in [-0.25, -0.2) is 4.98 Å². The van der Waals surface area contributed by atoms with E-state index in [2.05, 4.69) is 15.6 Å². The van der Waals surface area contributed by atoms with Crippen molar-refractivity contribution >= 4 is 64.3 Å². The van der Waals surface area contributed by atoms with Gasteiger partial charge in [0.15, 0.2) is 12.4 Å². The van der Waals surface area contributed by atoms with Gasteiger partial charge in [-0.05, 0) is 24.6 Å². The van der Waals surface area contributed by atoms with E-state index in [1.807, 2.05) is 18.2 Å². The Labute approximate surface area is 175 Å². The van der Waals surface area contributed by atoms with Crippen LogP contribution in [0.25, 0.3) is 0 Å². The van der Waals surface area contributed by atoms with E-state index in [-0.39, 0.29) is 23.2 Å². The highest BCUT2D eigenvalue weighted by Crippen LogP contribution is 2.36. The normalized spacial score (nSPS) is 15.4. The molecule has 1 aromatic carbocycles. The van der Waals surface area contributed by atoms with E-state index in [1.54, 1.807) is 13.0 Å². The minimum atomic E-state index is -0.659. The Kier molecular flexibility index (Phi) is 6.43. The lowest BCUT2D eigenvalue weighted by Gasteiger charge is -2.23. The number of aromatic nitrogens is 1. The summed E-state index contributed by atoms with van der Waals surface area (Å²) >= 11 is 13.3. The number of para-hydroxylation sites is 1. The second kappa shape index (κ2) is 8.81. The Morgan fingerprint density at radius 3 is 2.86 bits per heavy atom. The maximum absolute atomic E-state index is 12.1. The molecule has 1 unspecified atom stereocenters. The molecule has 2 N–H and O–H groups in total. The molecule has 0 spiro atoms. The number of thioether (sulfide) groups is 1. The van der Waals surface area contributed by atoms with Crippen molar-refractivity contribution in [3.8, 4) is 0 Å². The zero-order chi connectivity index (χ0) is 20.3. The third-order valence-corrected chi connectivity index (χ3v) is 6.00. The number of benzene rings is 1. The first-order valence-electron chi connectivity index (χ1n) is 8.17. The van der Waals surface area contributed by atoms with Gasteiger partial charge in [-0.2, -0.15) is 0 Å². The molecular formula is C18H15Cl2N3O4S. The number of fused-ring (bicyclic) bond motifs is 1. The minimum Gasteiger partial charge on any atom is -0.456 e. The van der Waals surface area contributed by atoms with Crippen LogP contribution in [0.2, 0.25) is 10.0 Å². The molecule has 146 valence electrons. The van der Waals surface area contributed by atoms with E-state index in [9.17, 15) is 14.4 Å². The van der Waals surface area contributed by atoms with Crippen LogP contribution in [0.15, 0.2) is 35.4 Å². The van der Waals surface area contributed by atoms with Crippen molar-refractivity contribution in [3.05, 3.63) is 46.1 Å². The number of carbonyl (C=O) groups excluding carboxylic acids is 3. The molecule has 0 radical (unpaired) electrons. The van der Waals surface area contributed by atoms with Crippen LogP contribution in [-0.2, 0) is 19.1 Å². The fourth-order valence-electron chi connectivity index (χ4n) is 2.40. The van der Waals surface area contributed by atoms with Gasteiger partial charge in [0.05, 0.1) is 27.4 Å². The summed E-state index contributed by atoms with van der Waals surface area (Å²) in [5.74, 6) is -1.41. The highest BCUT2D eigenvalue weighted by atomic mass is 35.5. The summed E-state index contributed by atoms with van der Waals surface area (Å²) in [6.45, 7) is 1.17. The number of halogens is 2. The molecule has 3 rings (SSSR count). The standard InChI is InChI=1S/C18H15Cl2N3O4S/c1-9-10(19)7-21-17(16(9)20)23-14(24)8-27-15(25)6-13-18(26)22-11-4-2-3-5-12(11)28-13/h2-5,7,13H,6,8H2,1H3,(H,22,26)(H,21,23,24). The van der Waals surface area contributed by atoms with Gasteiger partial charge >= 0.3 is 5.97 Å². The molecule has 10 heteroatoms. The average molecular weight is 440 g/mol. The van der Waals surface area contributed by atoms with Crippen molar-refractivity contribution in [1.29, 1.82) is 0 Å². The zero-order valence-electron chi connectivity index (χ0n) is 14.6. The number of anilines is 2.